The fraction of sp³-hybridized carbons (Fsp3) is 1.00. The third-order valence-electron chi connectivity index (χ3n) is 0.912. The molecule has 0 aromatic heterocycles. The SMILES string of the molecule is CCCNCC.CO[SiH2]OC. The van der Waals surface area contributed by atoms with Crippen LogP contribution in [0.25, 0.3) is 0 Å². The lowest BCUT2D eigenvalue weighted by Crippen LogP contribution is -2.12. The Kier molecular flexibility index (Phi) is 20.6. The second-order valence-corrected chi connectivity index (χ2v) is 3.44. The molecule has 0 amide bonds. The summed E-state index contributed by atoms with van der Waals surface area (Å²) in [6.07, 6.45) is 1.24. The normalized spacial score (nSPS) is 8.73. The minimum absolute atomic E-state index is 0.568. The Morgan fingerprint density at radius 2 is 1.73 bits per heavy atom. The Hall–Kier alpha value is 0.0969. The molecule has 0 aliphatic heterocycles. The summed E-state index contributed by atoms with van der Waals surface area (Å²) >= 11 is 0. The zero-order chi connectivity index (χ0) is 8.95. The Balaban J connectivity index is 0. The van der Waals surface area contributed by atoms with Crippen molar-refractivity contribution < 1.29 is 8.85 Å². The van der Waals surface area contributed by atoms with Crippen molar-refractivity contribution in [2.24, 2.45) is 0 Å². The van der Waals surface area contributed by atoms with Crippen molar-refractivity contribution >= 4 is 10.0 Å². The van der Waals surface area contributed by atoms with Crippen LogP contribution in [0.4, 0.5) is 0 Å². The van der Waals surface area contributed by atoms with Crippen molar-refractivity contribution in [2.75, 3.05) is 27.3 Å². The van der Waals surface area contributed by atoms with Crippen LogP contribution in [0.2, 0.25) is 0 Å². The number of hydrogen-bond donors (Lipinski definition) is 1. The van der Waals surface area contributed by atoms with Gasteiger partial charge >= 0.3 is 10.0 Å². The van der Waals surface area contributed by atoms with Gasteiger partial charge in [-0.2, -0.15) is 0 Å². The maximum atomic E-state index is 4.61. The van der Waals surface area contributed by atoms with Crippen molar-refractivity contribution in [2.45, 2.75) is 20.3 Å². The highest BCUT2D eigenvalue weighted by Crippen LogP contribution is 1.65. The molecule has 0 radical (unpaired) electrons. The molecule has 4 heteroatoms. The molecule has 0 heterocycles. The van der Waals surface area contributed by atoms with Gasteiger partial charge in [0.05, 0.1) is 0 Å². The van der Waals surface area contributed by atoms with Gasteiger partial charge in [0.15, 0.2) is 0 Å². The molecule has 0 aliphatic rings. The van der Waals surface area contributed by atoms with Gasteiger partial charge in [-0.25, -0.2) is 0 Å². The van der Waals surface area contributed by atoms with E-state index < -0.39 is 10.0 Å². The predicted octanol–water partition coefficient (Wildman–Crippen LogP) is 0.284. The molecule has 0 aliphatic carbocycles. The van der Waals surface area contributed by atoms with Crippen LogP contribution in [0.5, 0.6) is 0 Å². The van der Waals surface area contributed by atoms with E-state index in [4.69, 9.17) is 0 Å². The zero-order valence-electron chi connectivity index (χ0n) is 8.14. The molecular weight excluding hydrogens is 158 g/mol. The van der Waals surface area contributed by atoms with Gasteiger partial charge in [-0.3, -0.25) is 0 Å². The molecule has 70 valence electrons. The summed E-state index contributed by atoms with van der Waals surface area (Å²) in [7, 11) is 2.73. The molecule has 0 saturated heterocycles. The lowest BCUT2D eigenvalue weighted by molar-refractivity contribution is 0.309. The van der Waals surface area contributed by atoms with Gasteiger partial charge in [0, 0.05) is 14.2 Å². The van der Waals surface area contributed by atoms with Crippen LogP contribution >= 0.6 is 0 Å². The van der Waals surface area contributed by atoms with Gasteiger partial charge in [-0.05, 0) is 19.5 Å². The molecule has 0 atom stereocenters. The van der Waals surface area contributed by atoms with Gasteiger partial charge in [-0.15, -0.1) is 0 Å². The van der Waals surface area contributed by atoms with Gasteiger partial charge in [0.2, 0.25) is 0 Å². The van der Waals surface area contributed by atoms with Crippen LogP contribution in [0.1, 0.15) is 20.3 Å². The van der Waals surface area contributed by atoms with Crippen LogP contribution in [0, 0.1) is 0 Å². The molecule has 0 unspecified atom stereocenters. The van der Waals surface area contributed by atoms with Crippen molar-refractivity contribution in [3.05, 3.63) is 0 Å². The van der Waals surface area contributed by atoms with Crippen molar-refractivity contribution in [3.8, 4) is 0 Å². The lowest BCUT2D eigenvalue weighted by Gasteiger charge is -1.91. The molecule has 3 nitrogen and oxygen atoms in total. The Morgan fingerprint density at radius 1 is 1.18 bits per heavy atom. The highest BCUT2D eigenvalue weighted by Gasteiger charge is 1.71. The van der Waals surface area contributed by atoms with Crippen LogP contribution in [-0.4, -0.2) is 37.3 Å². The van der Waals surface area contributed by atoms with Crippen molar-refractivity contribution in [3.63, 3.8) is 0 Å². The van der Waals surface area contributed by atoms with E-state index in [2.05, 4.69) is 28.0 Å². The summed E-state index contributed by atoms with van der Waals surface area (Å²) in [6.45, 7) is 6.56. The lowest BCUT2D eigenvalue weighted by atomic mass is 10.5. The number of hydrogen-bond acceptors (Lipinski definition) is 3. The standard InChI is InChI=1S/C5H13N.C2H8O2Si/c1-3-5-6-4-2;1-3-5-4-2/h6H,3-5H2,1-2H3;5H2,1-2H3. The van der Waals surface area contributed by atoms with Crippen LogP contribution < -0.4 is 5.32 Å². The molecular formula is C7H21NO2Si. The molecule has 11 heavy (non-hydrogen) atoms. The Morgan fingerprint density at radius 3 is 1.82 bits per heavy atom. The fourth-order valence-corrected chi connectivity index (χ4v) is 0.707. The maximum Gasteiger partial charge on any atom is 0.303 e. The van der Waals surface area contributed by atoms with E-state index in [-0.39, 0.29) is 0 Å². The summed E-state index contributed by atoms with van der Waals surface area (Å²) in [4.78, 5) is 0. The molecule has 0 aromatic rings. The topological polar surface area (TPSA) is 30.5 Å². The van der Waals surface area contributed by atoms with E-state index in [1.807, 2.05) is 0 Å². The fourth-order valence-electron chi connectivity index (χ4n) is 0.471. The minimum Gasteiger partial charge on any atom is -0.402 e. The van der Waals surface area contributed by atoms with Gasteiger partial charge in [0.1, 0.15) is 0 Å². The smallest absolute Gasteiger partial charge is 0.303 e. The summed E-state index contributed by atoms with van der Waals surface area (Å²) in [5.41, 5.74) is 0. The highest BCUT2D eigenvalue weighted by molar-refractivity contribution is 6.17. The first kappa shape index (κ1) is 13.7. The second kappa shape index (κ2) is 16.6. The van der Waals surface area contributed by atoms with E-state index >= 15 is 0 Å². The first-order chi connectivity index (χ1) is 5.33. The third-order valence-corrected chi connectivity index (χ3v) is 1.38. The van der Waals surface area contributed by atoms with E-state index in [1.54, 1.807) is 14.2 Å². The maximum absolute atomic E-state index is 4.61. The Bertz CT molecular complexity index is 49.7. The number of nitrogens with one attached hydrogen (secondary N) is 1. The van der Waals surface area contributed by atoms with Crippen LogP contribution in [0.3, 0.4) is 0 Å². The van der Waals surface area contributed by atoms with Gasteiger partial charge in [-0.1, -0.05) is 13.8 Å². The first-order valence-corrected chi connectivity index (χ1v) is 5.17. The summed E-state index contributed by atoms with van der Waals surface area (Å²) in [5, 5.41) is 3.20. The summed E-state index contributed by atoms with van der Waals surface area (Å²) < 4.78 is 9.22. The van der Waals surface area contributed by atoms with Crippen molar-refractivity contribution in [1.82, 2.24) is 5.32 Å². The first-order valence-electron chi connectivity index (χ1n) is 4.02. The van der Waals surface area contributed by atoms with E-state index in [0.717, 1.165) is 13.1 Å². The highest BCUT2D eigenvalue weighted by atomic mass is 28.3. The van der Waals surface area contributed by atoms with Gasteiger partial charge < -0.3 is 14.2 Å². The quantitative estimate of drug-likeness (QED) is 0.486. The third kappa shape index (κ3) is 25.5. The van der Waals surface area contributed by atoms with Crippen molar-refractivity contribution in [1.29, 1.82) is 0 Å². The van der Waals surface area contributed by atoms with E-state index in [0.29, 0.717) is 0 Å². The average Bonchev–Trinajstić information content (AvgIpc) is 2.04. The van der Waals surface area contributed by atoms with E-state index in [1.165, 1.54) is 6.42 Å². The van der Waals surface area contributed by atoms with Crippen LogP contribution in [-0.2, 0) is 8.85 Å². The second-order valence-electron chi connectivity index (χ2n) is 2.05. The molecule has 0 rings (SSSR count). The summed E-state index contributed by atoms with van der Waals surface area (Å²) in [5.74, 6) is 0. The van der Waals surface area contributed by atoms with Crippen LogP contribution in [0.15, 0.2) is 0 Å². The molecule has 1 N–H and O–H groups in total. The van der Waals surface area contributed by atoms with Gasteiger partial charge in [0.25, 0.3) is 0 Å². The summed E-state index contributed by atoms with van der Waals surface area (Å²) in [6, 6.07) is 0. The molecule has 0 spiro atoms. The molecule has 0 aromatic carbocycles. The zero-order valence-corrected chi connectivity index (χ0v) is 9.56. The van der Waals surface area contributed by atoms with E-state index in [9.17, 15) is 0 Å². The monoisotopic (exact) mass is 179 g/mol. The number of rotatable bonds is 5. The predicted molar refractivity (Wildman–Crippen MR) is 51.4 cm³/mol. The largest absolute Gasteiger partial charge is 0.402 e. The minimum atomic E-state index is -0.568. The average molecular weight is 179 g/mol. The molecule has 0 saturated carbocycles. The molecule has 0 bridgehead atoms. The molecule has 0 fully saturated rings. The Labute approximate surface area is 72.5 Å².